The first-order valence-corrected chi connectivity index (χ1v) is 13.7. The van der Waals surface area contributed by atoms with Crippen LogP contribution in [0.15, 0.2) is 122 Å². The number of pyridine rings is 1. The van der Waals surface area contributed by atoms with E-state index in [1.165, 1.54) is 33.6 Å². The monoisotopic (exact) mass is 522 g/mol. The smallest absolute Gasteiger partial charge is 0.0938 e. The Balaban J connectivity index is 1.47. The Labute approximate surface area is 237 Å². The molecule has 0 saturated carbocycles. The third-order valence-corrected chi connectivity index (χ3v) is 7.42. The summed E-state index contributed by atoms with van der Waals surface area (Å²) >= 11 is 0. The van der Waals surface area contributed by atoms with E-state index in [-0.39, 0.29) is 0 Å². The molecule has 0 N–H and O–H groups in total. The summed E-state index contributed by atoms with van der Waals surface area (Å²) in [6.07, 6.45) is 6.15. The number of hydrogen-bond acceptors (Lipinski definition) is 4. The van der Waals surface area contributed by atoms with Crippen molar-refractivity contribution < 1.29 is 0 Å². The van der Waals surface area contributed by atoms with Crippen molar-refractivity contribution in [3.05, 3.63) is 138 Å². The zero-order valence-electron chi connectivity index (χ0n) is 23.5. The van der Waals surface area contributed by atoms with E-state index in [0.717, 1.165) is 34.9 Å². The van der Waals surface area contributed by atoms with Gasteiger partial charge in [0.05, 0.1) is 18.1 Å². The number of hydrogen-bond donors (Lipinski definition) is 0. The third kappa shape index (κ3) is 5.08. The molecule has 0 unspecified atom stereocenters. The second-order valence-electron chi connectivity index (χ2n) is 10.6. The van der Waals surface area contributed by atoms with Crippen molar-refractivity contribution in [2.45, 2.75) is 20.8 Å². The average molecular weight is 523 g/mol. The van der Waals surface area contributed by atoms with Gasteiger partial charge in [0.2, 0.25) is 0 Å². The van der Waals surface area contributed by atoms with Crippen LogP contribution >= 0.6 is 0 Å². The van der Waals surface area contributed by atoms with Crippen LogP contribution in [0.5, 0.6) is 0 Å². The highest BCUT2D eigenvalue weighted by Gasteiger charge is 2.20. The van der Waals surface area contributed by atoms with Gasteiger partial charge in [-0.15, -0.1) is 0 Å². The maximum absolute atomic E-state index is 4.76. The molecule has 1 aromatic heterocycles. The van der Waals surface area contributed by atoms with Crippen molar-refractivity contribution in [2.24, 2.45) is 0 Å². The number of benzene rings is 4. The van der Waals surface area contributed by atoms with Crippen LogP contribution in [-0.2, 0) is 0 Å². The molecule has 6 rings (SSSR count). The molecule has 1 aliphatic heterocycles. The summed E-state index contributed by atoms with van der Waals surface area (Å²) in [6, 6.07) is 36.8. The molecule has 0 bridgehead atoms. The maximum atomic E-state index is 4.76. The molecule has 0 atom stereocenters. The molecule has 0 spiro atoms. The largest absolute Gasteiger partial charge is 0.361 e. The molecule has 4 aromatic carbocycles. The van der Waals surface area contributed by atoms with Gasteiger partial charge in [0.25, 0.3) is 0 Å². The lowest BCUT2D eigenvalue weighted by atomic mass is 10.0. The van der Waals surface area contributed by atoms with Crippen LogP contribution in [0.4, 0.5) is 22.7 Å². The Morgan fingerprint density at radius 1 is 0.650 bits per heavy atom. The number of nitrogens with zero attached hydrogens (tertiary/aromatic N) is 4. The van der Waals surface area contributed by atoms with Crippen molar-refractivity contribution in [2.75, 3.05) is 23.5 Å². The van der Waals surface area contributed by atoms with Gasteiger partial charge in [0, 0.05) is 48.3 Å². The molecular formula is C36H34N4. The molecule has 4 nitrogen and oxygen atoms in total. The Morgan fingerprint density at radius 2 is 1.35 bits per heavy atom. The minimum atomic E-state index is 0.838. The van der Waals surface area contributed by atoms with Gasteiger partial charge in [0.15, 0.2) is 0 Å². The van der Waals surface area contributed by atoms with E-state index in [1.54, 1.807) is 0 Å². The normalized spacial score (nSPS) is 12.7. The molecule has 2 heterocycles. The molecule has 0 fully saturated rings. The number of rotatable bonds is 6. The van der Waals surface area contributed by atoms with E-state index in [4.69, 9.17) is 4.98 Å². The number of anilines is 4. The van der Waals surface area contributed by atoms with Crippen molar-refractivity contribution in [1.82, 2.24) is 9.88 Å². The standard InChI is InChI=1S/C36H34N4/c1-26-20-27(2)36(28(3)21-26)40(34-15-9-13-32(24-34)39-19-18-38(4)25-39)33-14-8-12-31(22-33)35-23-30(16-17-37-35)29-10-6-5-7-11-29/h5-24H,25H2,1-4H3. The Bertz CT molecular complexity index is 1670. The molecule has 40 heavy (non-hydrogen) atoms. The summed E-state index contributed by atoms with van der Waals surface area (Å²) in [5.41, 5.74) is 12.8. The van der Waals surface area contributed by atoms with Gasteiger partial charge >= 0.3 is 0 Å². The van der Waals surface area contributed by atoms with Gasteiger partial charge in [0.1, 0.15) is 0 Å². The summed E-state index contributed by atoms with van der Waals surface area (Å²) in [6.45, 7) is 7.42. The predicted molar refractivity (Wildman–Crippen MR) is 168 cm³/mol. The van der Waals surface area contributed by atoms with Gasteiger partial charge in [-0.3, -0.25) is 4.98 Å². The highest BCUT2D eigenvalue weighted by Crippen LogP contribution is 2.41. The first kappa shape index (κ1) is 25.4. The second-order valence-corrected chi connectivity index (χ2v) is 10.6. The summed E-state index contributed by atoms with van der Waals surface area (Å²) < 4.78 is 0. The summed E-state index contributed by atoms with van der Waals surface area (Å²) in [7, 11) is 2.10. The molecular weight excluding hydrogens is 488 g/mol. The molecule has 0 aliphatic carbocycles. The predicted octanol–water partition coefficient (Wildman–Crippen LogP) is 8.99. The lowest BCUT2D eigenvalue weighted by Gasteiger charge is -2.30. The van der Waals surface area contributed by atoms with Gasteiger partial charge in [-0.25, -0.2) is 0 Å². The third-order valence-electron chi connectivity index (χ3n) is 7.42. The van der Waals surface area contributed by atoms with Gasteiger partial charge in [-0.05, 0) is 85.5 Å². The van der Waals surface area contributed by atoms with Crippen LogP contribution in [0.2, 0.25) is 0 Å². The van der Waals surface area contributed by atoms with E-state index in [1.807, 2.05) is 12.3 Å². The summed E-state index contributed by atoms with van der Waals surface area (Å²) in [4.78, 5) is 11.6. The van der Waals surface area contributed by atoms with Crippen LogP contribution in [0.1, 0.15) is 16.7 Å². The molecule has 1 aliphatic rings. The van der Waals surface area contributed by atoms with Crippen LogP contribution < -0.4 is 9.80 Å². The van der Waals surface area contributed by atoms with E-state index in [0.29, 0.717) is 0 Å². The number of aromatic nitrogens is 1. The van der Waals surface area contributed by atoms with Crippen molar-refractivity contribution in [1.29, 1.82) is 0 Å². The topological polar surface area (TPSA) is 22.6 Å². The van der Waals surface area contributed by atoms with E-state index in [2.05, 4.69) is 152 Å². The van der Waals surface area contributed by atoms with E-state index >= 15 is 0 Å². The molecule has 0 saturated heterocycles. The Morgan fingerprint density at radius 3 is 2.08 bits per heavy atom. The molecule has 0 amide bonds. The van der Waals surface area contributed by atoms with Crippen molar-refractivity contribution in [3.63, 3.8) is 0 Å². The number of aryl methyl sites for hydroxylation is 3. The average Bonchev–Trinajstić information content (AvgIpc) is 3.42. The van der Waals surface area contributed by atoms with Crippen LogP contribution in [-0.4, -0.2) is 23.6 Å². The van der Waals surface area contributed by atoms with Gasteiger partial charge in [-0.1, -0.05) is 66.2 Å². The van der Waals surface area contributed by atoms with Crippen LogP contribution in [0, 0.1) is 20.8 Å². The fourth-order valence-electron chi connectivity index (χ4n) is 5.64. The van der Waals surface area contributed by atoms with Crippen LogP contribution in [0.3, 0.4) is 0 Å². The minimum Gasteiger partial charge on any atom is -0.361 e. The van der Waals surface area contributed by atoms with E-state index < -0.39 is 0 Å². The zero-order valence-corrected chi connectivity index (χ0v) is 23.5. The van der Waals surface area contributed by atoms with E-state index in [9.17, 15) is 0 Å². The van der Waals surface area contributed by atoms with Crippen LogP contribution in [0.25, 0.3) is 22.4 Å². The zero-order chi connectivity index (χ0) is 27.6. The molecule has 0 radical (unpaired) electrons. The summed E-state index contributed by atoms with van der Waals surface area (Å²) in [5, 5.41) is 0. The van der Waals surface area contributed by atoms with Gasteiger partial charge in [-0.2, -0.15) is 0 Å². The Hall–Kier alpha value is -4.83. The Kier molecular flexibility index (Phi) is 6.83. The fourth-order valence-corrected chi connectivity index (χ4v) is 5.64. The summed E-state index contributed by atoms with van der Waals surface area (Å²) in [5.74, 6) is 0. The lowest BCUT2D eigenvalue weighted by molar-refractivity contribution is 0.496. The fraction of sp³-hybridized carbons (Fsp3) is 0.139. The second kappa shape index (κ2) is 10.7. The van der Waals surface area contributed by atoms with Crippen molar-refractivity contribution in [3.8, 4) is 22.4 Å². The molecule has 5 aromatic rings. The van der Waals surface area contributed by atoms with Crippen molar-refractivity contribution >= 4 is 22.7 Å². The highest BCUT2D eigenvalue weighted by molar-refractivity contribution is 5.84. The molecule has 4 heteroatoms. The lowest BCUT2D eigenvalue weighted by Crippen LogP contribution is -2.22. The molecule has 198 valence electrons. The van der Waals surface area contributed by atoms with Gasteiger partial charge < -0.3 is 14.7 Å². The highest BCUT2D eigenvalue weighted by atomic mass is 15.3. The maximum Gasteiger partial charge on any atom is 0.0938 e. The first-order valence-electron chi connectivity index (χ1n) is 13.7. The first-order chi connectivity index (χ1) is 19.5. The minimum absolute atomic E-state index is 0.838. The quantitative estimate of drug-likeness (QED) is 0.222. The SMILES string of the molecule is Cc1cc(C)c(N(c2cccc(-c3cc(-c4ccccc4)ccn3)c2)c2cccc(N3C=CN(C)C3)c2)c(C)c1.